The minimum atomic E-state index is -4.25. The number of fused-ring (bicyclic) bond motifs is 3. The Morgan fingerprint density at radius 3 is 2.47 bits per heavy atom. The number of ether oxygens (including phenoxy) is 3. The van der Waals surface area contributed by atoms with Crippen molar-refractivity contribution in [1.82, 2.24) is 5.16 Å². The van der Waals surface area contributed by atoms with Crippen molar-refractivity contribution in [2.75, 3.05) is 20.3 Å². The number of benzene rings is 1. The van der Waals surface area contributed by atoms with Crippen molar-refractivity contribution in [2.24, 2.45) is 38.7 Å². The summed E-state index contributed by atoms with van der Waals surface area (Å²) in [4.78, 5) is 43.0. The molecule has 0 unspecified atom stereocenters. The van der Waals surface area contributed by atoms with Crippen LogP contribution in [-0.2, 0) is 38.5 Å². The average molecular weight is 730 g/mol. The van der Waals surface area contributed by atoms with Gasteiger partial charge in [0.15, 0.2) is 0 Å². The van der Waals surface area contributed by atoms with E-state index in [0.717, 1.165) is 63.5 Å². The van der Waals surface area contributed by atoms with E-state index in [4.69, 9.17) is 19.0 Å². The lowest BCUT2D eigenvalue weighted by atomic mass is 9.40. The van der Waals surface area contributed by atoms with Gasteiger partial charge in [-0.25, -0.2) is 13.2 Å². The zero-order chi connectivity index (χ0) is 36.7. The van der Waals surface area contributed by atoms with Crippen LogP contribution in [0.2, 0.25) is 0 Å². The van der Waals surface area contributed by atoms with E-state index in [1.54, 1.807) is 6.07 Å². The molecule has 4 fully saturated rings. The first-order valence-corrected chi connectivity index (χ1v) is 19.2. The number of aromatic nitrogens is 2. The number of carbonyl (C=O) groups excluding carboxylic acids is 3. The second-order valence-electron chi connectivity index (χ2n) is 15.5. The van der Waals surface area contributed by atoms with E-state index in [0.29, 0.717) is 5.92 Å². The lowest BCUT2D eigenvalue weighted by Gasteiger charge is -2.64. The molecule has 0 saturated heterocycles. The molecule has 0 radical (unpaired) electrons. The zero-order valence-electron chi connectivity index (χ0n) is 29.7. The second kappa shape index (κ2) is 13.8. The summed E-state index contributed by atoms with van der Waals surface area (Å²) in [6.45, 7) is 6.50. The largest absolute Gasteiger partial charge is 0.469 e. The fourth-order valence-corrected chi connectivity index (χ4v) is 11.5. The number of oxime groups is 1. The molecule has 6 atom stereocenters. The number of nitrogens with zero attached hydrogens (tertiary/aromatic N) is 3. The Morgan fingerprint density at radius 1 is 1.00 bits per heavy atom. The van der Waals surface area contributed by atoms with Gasteiger partial charge in [0, 0.05) is 11.8 Å². The number of sulfone groups is 1. The molecule has 2 bridgehead atoms. The van der Waals surface area contributed by atoms with Crippen LogP contribution in [0.3, 0.4) is 0 Å². The van der Waals surface area contributed by atoms with E-state index in [2.05, 4.69) is 35.7 Å². The van der Waals surface area contributed by atoms with E-state index < -0.39 is 38.1 Å². The number of esters is 2. The van der Waals surface area contributed by atoms with Gasteiger partial charge in [0.1, 0.15) is 0 Å². The maximum Gasteiger partial charge on any atom is 0.414 e. The molecule has 15 heteroatoms. The average Bonchev–Trinajstić information content (AvgIpc) is 3.58. The van der Waals surface area contributed by atoms with Gasteiger partial charge in [-0.2, -0.15) is 0 Å². The quantitative estimate of drug-likeness (QED) is 0.0925. The van der Waals surface area contributed by atoms with Gasteiger partial charge in [0.2, 0.25) is 0 Å². The molecule has 0 aliphatic heterocycles. The minimum absolute atomic E-state index is 0.0288. The summed E-state index contributed by atoms with van der Waals surface area (Å²) in [5.41, 5.74) is 0.368. The lowest BCUT2D eigenvalue weighted by Crippen LogP contribution is -2.58. The predicted molar refractivity (Wildman–Crippen MR) is 178 cm³/mol. The summed E-state index contributed by atoms with van der Waals surface area (Å²) in [7, 11) is -2.76. The molecule has 4 saturated carbocycles. The SMILES string of the molecule is COC(=O)[C@]1(C)CCC[C@@]2(C)[C@@H]3CC[C@@]4(C)C[C@]3(CC[C@@H]21)C/C4=N\OC(=O)CCC(=O)OCCCOc1no[n+]([O-])c1S(=O)(=O)c1ccccc1. The van der Waals surface area contributed by atoms with Gasteiger partial charge in [-0.05, 0) is 98.0 Å². The molecule has 1 aromatic carbocycles. The second-order valence-corrected chi connectivity index (χ2v) is 17.4. The molecule has 14 nitrogen and oxygen atoms in total. The molecule has 0 amide bonds. The van der Waals surface area contributed by atoms with Crippen LogP contribution in [0.5, 0.6) is 5.88 Å². The van der Waals surface area contributed by atoms with Crippen molar-refractivity contribution >= 4 is 33.5 Å². The minimum Gasteiger partial charge on any atom is -0.469 e. The molecular weight excluding hydrogens is 682 g/mol. The summed E-state index contributed by atoms with van der Waals surface area (Å²) in [5, 5.41) is 19.0. The molecule has 2 aromatic rings. The molecule has 4 aliphatic carbocycles. The topological polar surface area (TPSA) is 188 Å². The third-order valence-corrected chi connectivity index (χ3v) is 14.2. The Kier molecular flexibility index (Phi) is 9.98. The molecule has 6 rings (SSSR count). The molecule has 0 N–H and O–H groups in total. The van der Waals surface area contributed by atoms with Gasteiger partial charge in [-0.3, -0.25) is 14.2 Å². The molecule has 278 valence electrons. The van der Waals surface area contributed by atoms with Crippen LogP contribution in [0.4, 0.5) is 0 Å². The Labute approximate surface area is 297 Å². The highest BCUT2D eigenvalue weighted by molar-refractivity contribution is 7.91. The van der Waals surface area contributed by atoms with Gasteiger partial charge in [0.25, 0.3) is 9.84 Å². The van der Waals surface area contributed by atoms with Gasteiger partial charge in [-0.15, -0.1) is 0 Å². The summed E-state index contributed by atoms with van der Waals surface area (Å²) in [6.07, 6.45) is 8.45. The van der Waals surface area contributed by atoms with Crippen molar-refractivity contribution in [2.45, 2.75) is 108 Å². The van der Waals surface area contributed by atoms with Crippen LogP contribution in [0.1, 0.15) is 97.8 Å². The fourth-order valence-electron chi connectivity index (χ4n) is 10.2. The molecule has 1 aromatic heterocycles. The smallest absolute Gasteiger partial charge is 0.414 e. The Morgan fingerprint density at radius 2 is 1.73 bits per heavy atom. The highest BCUT2D eigenvalue weighted by atomic mass is 32.2. The number of hydrogen-bond donors (Lipinski definition) is 0. The van der Waals surface area contributed by atoms with Crippen LogP contribution < -0.4 is 9.64 Å². The maximum absolute atomic E-state index is 13.0. The summed E-state index contributed by atoms with van der Waals surface area (Å²) in [5.74, 6) is -1.11. The predicted octanol–water partition coefficient (Wildman–Crippen LogP) is 5.11. The third-order valence-electron chi connectivity index (χ3n) is 12.5. The molecule has 51 heavy (non-hydrogen) atoms. The first kappa shape index (κ1) is 36.8. The van der Waals surface area contributed by atoms with E-state index in [9.17, 15) is 28.0 Å². The third kappa shape index (κ3) is 6.62. The summed E-state index contributed by atoms with van der Waals surface area (Å²) >= 11 is 0. The van der Waals surface area contributed by atoms with Crippen LogP contribution in [0, 0.1) is 38.7 Å². The van der Waals surface area contributed by atoms with Gasteiger partial charge in [-0.1, -0.05) is 43.6 Å². The number of rotatable bonds is 12. The highest BCUT2D eigenvalue weighted by Crippen LogP contribution is 2.73. The molecule has 4 aliphatic rings. The first-order chi connectivity index (χ1) is 24.2. The Balaban J connectivity index is 0.964. The molecular formula is C36H47N3O11S. The van der Waals surface area contributed by atoms with E-state index >= 15 is 0 Å². The van der Waals surface area contributed by atoms with Crippen molar-refractivity contribution < 1.29 is 51.4 Å². The maximum atomic E-state index is 13.0. The van der Waals surface area contributed by atoms with Crippen molar-refractivity contribution in [1.29, 1.82) is 0 Å². The lowest BCUT2D eigenvalue weighted by molar-refractivity contribution is -0.832. The van der Waals surface area contributed by atoms with Crippen LogP contribution in [-0.4, -0.2) is 57.5 Å². The van der Waals surface area contributed by atoms with Gasteiger partial charge in [0.05, 0.1) is 54.3 Å². The van der Waals surface area contributed by atoms with E-state index in [-0.39, 0.29) is 70.4 Å². The Hall–Kier alpha value is -4.01. The summed E-state index contributed by atoms with van der Waals surface area (Å²) in [6, 6.07) is 7.31. The number of carbonyl (C=O) groups is 3. The summed E-state index contributed by atoms with van der Waals surface area (Å²) < 4.78 is 46.0. The van der Waals surface area contributed by atoms with Gasteiger partial charge < -0.3 is 24.3 Å². The van der Waals surface area contributed by atoms with Crippen LogP contribution >= 0.6 is 0 Å². The molecule has 1 heterocycles. The Bertz CT molecular complexity index is 1800. The highest BCUT2D eigenvalue weighted by Gasteiger charge is 2.67. The van der Waals surface area contributed by atoms with Crippen molar-refractivity contribution in [3.8, 4) is 5.88 Å². The van der Waals surface area contributed by atoms with Crippen molar-refractivity contribution in [3.63, 3.8) is 0 Å². The van der Waals surface area contributed by atoms with Gasteiger partial charge >= 0.3 is 28.8 Å². The van der Waals surface area contributed by atoms with E-state index in [1.165, 1.54) is 31.4 Å². The molecule has 1 spiro atoms. The van der Waals surface area contributed by atoms with E-state index in [1.807, 2.05) is 0 Å². The number of methoxy groups -OCH3 is 1. The normalized spacial score (nSPS) is 32.0. The number of hydrogen-bond acceptors (Lipinski definition) is 13. The van der Waals surface area contributed by atoms with Crippen LogP contribution in [0.25, 0.3) is 0 Å². The first-order valence-electron chi connectivity index (χ1n) is 17.7. The standard InChI is InChI=1S/C36H47N3O11S/c1-33-18-14-26-34(2)16-8-17-35(3,32(42)46-4)25(34)15-19-36(26,23-33)22-27(33)37-49-29(41)13-12-28(40)47-20-9-21-48-30-31(39(43)50-38-30)51(44,45)24-10-6-5-7-11-24/h5-7,10-11,25-26H,8-9,12-23H2,1-4H3/b37-27+/t25-,26-,33-,34+,35+,36-/m0/s1. The monoisotopic (exact) mass is 729 g/mol. The van der Waals surface area contributed by atoms with Crippen LogP contribution in [0.15, 0.2) is 50.0 Å². The van der Waals surface area contributed by atoms with Crippen molar-refractivity contribution in [3.05, 3.63) is 35.5 Å². The zero-order valence-corrected chi connectivity index (χ0v) is 30.5. The fraction of sp³-hybridized carbons (Fsp3) is 0.667.